The van der Waals surface area contributed by atoms with Gasteiger partial charge in [0.15, 0.2) is 0 Å². The Kier molecular flexibility index (Phi) is 9.70. The summed E-state index contributed by atoms with van der Waals surface area (Å²) in [7, 11) is 0. The summed E-state index contributed by atoms with van der Waals surface area (Å²) < 4.78 is 13.9. The number of carbonyl (C=O) groups excluding carboxylic acids is 1. The Morgan fingerprint density at radius 1 is 1.15 bits per heavy atom. The van der Waals surface area contributed by atoms with Crippen LogP contribution in [0.1, 0.15) is 11.8 Å². The summed E-state index contributed by atoms with van der Waals surface area (Å²) in [5.41, 5.74) is 6.24. The van der Waals surface area contributed by atoms with Gasteiger partial charge in [0.05, 0.1) is 0 Å². The van der Waals surface area contributed by atoms with Gasteiger partial charge in [0, 0.05) is 60.5 Å². The van der Waals surface area contributed by atoms with Gasteiger partial charge in [-0.2, -0.15) is 0 Å². The molecule has 1 saturated heterocycles. The third kappa shape index (κ3) is 5.90. The summed E-state index contributed by atoms with van der Waals surface area (Å²) >= 11 is 1.63. The fraction of sp³-hybridized carbons (Fsp3) is 0.421. The Labute approximate surface area is 176 Å². The van der Waals surface area contributed by atoms with Gasteiger partial charge in [-0.05, 0) is 18.2 Å². The molecule has 0 aliphatic carbocycles. The second-order valence-corrected chi connectivity index (χ2v) is 7.65. The van der Waals surface area contributed by atoms with E-state index in [9.17, 15) is 9.18 Å². The van der Waals surface area contributed by atoms with Crippen molar-refractivity contribution in [1.82, 2.24) is 9.80 Å². The Bertz CT molecular complexity index is 735. The molecule has 150 valence electrons. The van der Waals surface area contributed by atoms with Crippen molar-refractivity contribution >= 4 is 42.1 Å². The van der Waals surface area contributed by atoms with Gasteiger partial charge in [0.2, 0.25) is 5.91 Å². The lowest BCUT2D eigenvalue weighted by Gasteiger charge is -2.35. The Morgan fingerprint density at radius 2 is 1.81 bits per heavy atom. The zero-order chi connectivity index (χ0) is 17.8. The van der Waals surface area contributed by atoms with Crippen molar-refractivity contribution in [3.63, 3.8) is 0 Å². The first-order valence-corrected chi connectivity index (χ1v) is 9.45. The minimum atomic E-state index is -0.183. The number of halogens is 3. The van der Waals surface area contributed by atoms with E-state index in [2.05, 4.69) is 11.0 Å². The summed E-state index contributed by atoms with van der Waals surface area (Å²) in [6, 6.07) is 10.9. The van der Waals surface area contributed by atoms with Gasteiger partial charge >= 0.3 is 0 Å². The van der Waals surface area contributed by atoms with E-state index in [1.807, 2.05) is 30.0 Å². The highest BCUT2D eigenvalue weighted by atomic mass is 35.5. The predicted molar refractivity (Wildman–Crippen MR) is 114 cm³/mol. The molecule has 1 aromatic carbocycles. The first kappa shape index (κ1) is 23.9. The van der Waals surface area contributed by atoms with E-state index in [0.29, 0.717) is 12.1 Å². The molecule has 1 fully saturated rings. The van der Waals surface area contributed by atoms with Crippen LogP contribution in [-0.4, -0.2) is 48.4 Å². The van der Waals surface area contributed by atoms with Crippen molar-refractivity contribution < 1.29 is 9.18 Å². The van der Waals surface area contributed by atoms with Crippen LogP contribution in [0.15, 0.2) is 36.4 Å². The number of nitrogens with two attached hydrogens (primary N) is 1. The first-order chi connectivity index (χ1) is 12.1. The number of hydrogen-bond donors (Lipinski definition) is 1. The number of hydrogen-bond acceptors (Lipinski definition) is 4. The summed E-state index contributed by atoms with van der Waals surface area (Å²) in [5, 5.41) is 0. The lowest BCUT2D eigenvalue weighted by atomic mass is 10.1. The standard InChI is InChI=1S/C19H24FN3OS.2ClH/c1-14(12-21)19(24)23-10-8-22(9-11-23)13-15-6-7-18(25-15)16-4-2-3-5-17(16)20;;/h2-7,14H,8-13,21H2,1H3;2*1H. The Hall–Kier alpha value is -1.18. The van der Waals surface area contributed by atoms with E-state index >= 15 is 0 Å². The zero-order valence-corrected chi connectivity index (χ0v) is 17.7. The zero-order valence-electron chi connectivity index (χ0n) is 15.3. The molecule has 2 N–H and O–H groups in total. The minimum Gasteiger partial charge on any atom is -0.340 e. The third-order valence-electron chi connectivity index (χ3n) is 4.64. The van der Waals surface area contributed by atoms with Crippen molar-refractivity contribution in [2.45, 2.75) is 13.5 Å². The van der Waals surface area contributed by atoms with E-state index < -0.39 is 0 Å². The van der Waals surface area contributed by atoms with Crippen LogP contribution in [-0.2, 0) is 11.3 Å². The van der Waals surface area contributed by atoms with Gasteiger partial charge in [0.25, 0.3) is 0 Å². The molecule has 1 atom stereocenters. The fourth-order valence-electron chi connectivity index (χ4n) is 3.03. The maximum Gasteiger partial charge on any atom is 0.226 e. The SMILES string of the molecule is CC(CN)C(=O)N1CCN(Cc2ccc(-c3ccccc3F)s2)CC1.Cl.Cl. The molecule has 3 rings (SSSR count). The van der Waals surface area contributed by atoms with Crippen LogP contribution in [0.5, 0.6) is 0 Å². The summed E-state index contributed by atoms with van der Waals surface area (Å²) in [6.45, 7) is 6.32. The van der Waals surface area contributed by atoms with E-state index in [4.69, 9.17) is 5.73 Å². The van der Waals surface area contributed by atoms with Crippen LogP contribution < -0.4 is 5.73 Å². The van der Waals surface area contributed by atoms with Crippen molar-refractivity contribution in [1.29, 1.82) is 0 Å². The number of piperazine rings is 1. The van der Waals surface area contributed by atoms with Gasteiger partial charge < -0.3 is 10.6 Å². The average Bonchev–Trinajstić information content (AvgIpc) is 3.09. The van der Waals surface area contributed by atoms with Gasteiger partial charge in [-0.25, -0.2) is 4.39 Å². The van der Waals surface area contributed by atoms with Crippen molar-refractivity contribution in [2.75, 3.05) is 32.7 Å². The number of benzene rings is 1. The molecule has 1 amide bonds. The van der Waals surface area contributed by atoms with Crippen LogP contribution in [0.4, 0.5) is 4.39 Å². The van der Waals surface area contributed by atoms with E-state index in [-0.39, 0.29) is 42.5 Å². The largest absolute Gasteiger partial charge is 0.340 e. The molecule has 0 spiro atoms. The average molecular weight is 434 g/mol. The highest BCUT2D eigenvalue weighted by Crippen LogP contribution is 2.30. The second kappa shape index (κ2) is 11.0. The molecule has 27 heavy (non-hydrogen) atoms. The molecule has 2 aromatic rings. The van der Waals surface area contributed by atoms with Crippen molar-refractivity contribution in [2.24, 2.45) is 11.7 Å². The normalized spacial score (nSPS) is 15.6. The molecule has 1 aromatic heterocycles. The number of rotatable bonds is 5. The van der Waals surface area contributed by atoms with Crippen LogP contribution in [0.2, 0.25) is 0 Å². The second-order valence-electron chi connectivity index (χ2n) is 6.48. The van der Waals surface area contributed by atoms with E-state index in [0.717, 1.165) is 37.6 Å². The smallest absolute Gasteiger partial charge is 0.226 e. The van der Waals surface area contributed by atoms with Gasteiger partial charge in [0.1, 0.15) is 5.82 Å². The van der Waals surface area contributed by atoms with Crippen LogP contribution in [0, 0.1) is 11.7 Å². The molecule has 1 aliphatic rings. The molecule has 1 aliphatic heterocycles. The maximum absolute atomic E-state index is 13.9. The monoisotopic (exact) mass is 433 g/mol. The molecule has 8 heteroatoms. The van der Waals surface area contributed by atoms with Gasteiger partial charge in [-0.3, -0.25) is 9.69 Å². The topological polar surface area (TPSA) is 49.6 Å². The Morgan fingerprint density at radius 3 is 2.44 bits per heavy atom. The molecule has 0 radical (unpaired) electrons. The van der Waals surface area contributed by atoms with Gasteiger partial charge in [-0.1, -0.05) is 25.1 Å². The van der Waals surface area contributed by atoms with E-state index in [1.54, 1.807) is 17.4 Å². The Balaban J connectivity index is 0.00000182. The molecule has 0 bridgehead atoms. The molecular formula is C19H26Cl2FN3OS. The maximum atomic E-state index is 13.9. The molecule has 0 saturated carbocycles. The van der Waals surface area contributed by atoms with Crippen LogP contribution >= 0.6 is 36.2 Å². The minimum absolute atomic E-state index is 0. The lowest BCUT2D eigenvalue weighted by molar-refractivity contribution is -0.136. The summed E-state index contributed by atoms with van der Waals surface area (Å²) in [4.78, 5) is 18.6. The molecule has 4 nitrogen and oxygen atoms in total. The quantitative estimate of drug-likeness (QED) is 0.782. The first-order valence-electron chi connectivity index (χ1n) is 8.63. The predicted octanol–water partition coefficient (Wildman–Crippen LogP) is 3.64. The molecular weight excluding hydrogens is 408 g/mol. The number of nitrogens with zero attached hydrogens (tertiary/aromatic N) is 2. The van der Waals surface area contributed by atoms with Crippen LogP contribution in [0.3, 0.4) is 0 Å². The summed E-state index contributed by atoms with van der Waals surface area (Å²) in [6.07, 6.45) is 0. The number of thiophene rings is 1. The highest BCUT2D eigenvalue weighted by Gasteiger charge is 2.24. The lowest BCUT2D eigenvalue weighted by Crippen LogP contribution is -2.50. The number of carbonyl (C=O) groups is 1. The molecule has 2 heterocycles. The van der Waals surface area contributed by atoms with Gasteiger partial charge in [-0.15, -0.1) is 36.2 Å². The van der Waals surface area contributed by atoms with Crippen molar-refractivity contribution in [3.05, 3.63) is 47.1 Å². The fourth-order valence-corrected chi connectivity index (χ4v) is 4.11. The third-order valence-corrected chi connectivity index (χ3v) is 5.74. The summed E-state index contributed by atoms with van der Waals surface area (Å²) in [5.74, 6) is -0.135. The number of amides is 1. The van der Waals surface area contributed by atoms with Crippen LogP contribution in [0.25, 0.3) is 10.4 Å². The highest BCUT2D eigenvalue weighted by molar-refractivity contribution is 7.15. The van der Waals surface area contributed by atoms with E-state index in [1.165, 1.54) is 10.9 Å². The van der Waals surface area contributed by atoms with Crippen molar-refractivity contribution in [3.8, 4) is 10.4 Å². The molecule has 1 unspecified atom stereocenters.